The zero-order valence-corrected chi connectivity index (χ0v) is 10.7. The molecule has 0 spiro atoms. The van der Waals surface area contributed by atoms with Gasteiger partial charge in [0.1, 0.15) is 12.2 Å². The summed E-state index contributed by atoms with van der Waals surface area (Å²) in [6.45, 7) is 4.87. The van der Waals surface area contributed by atoms with Gasteiger partial charge in [0.2, 0.25) is 0 Å². The van der Waals surface area contributed by atoms with E-state index in [-0.39, 0.29) is 6.04 Å². The Morgan fingerprint density at radius 2 is 2.28 bits per heavy atom. The summed E-state index contributed by atoms with van der Waals surface area (Å²) in [6.07, 6.45) is 4.02. The predicted molar refractivity (Wildman–Crippen MR) is 68.4 cm³/mol. The lowest BCUT2D eigenvalue weighted by atomic mass is 10.1. The Kier molecular flexibility index (Phi) is 4.01. The van der Waals surface area contributed by atoms with Gasteiger partial charge in [-0.1, -0.05) is 0 Å². The van der Waals surface area contributed by atoms with Gasteiger partial charge in [-0.15, -0.1) is 0 Å². The van der Waals surface area contributed by atoms with Gasteiger partial charge in [0, 0.05) is 19.2 Å². The molecule has 96 valence electrons. The van der Waals surface area contributed by atoms with Crippen LogP contribution in [0, 0.1) is 6.92 Å². The first-order chi connectivity index (χ1) is 8.74. The number of aromatic nitrogens is 4. The van der Waals surface area contributed by atoms with Crippen molar-refractivity contribution in [2.75, 3.05) is 0 Å². The highest BCUT2D eigenvalue weighted by Gasteiger charge is 2.15. The van der Waals surface area contributed by atoms with Crippen LogP contribution < -0.4 is 11.3 Å². The Bertz CT molecular complexity index is 507. The maximum atomic E-state index is 5.62. The van der Waals surface area contributed by atoms with E-state index in [1.54, 1.807) is 12.5 Å². The minimum absolute atomic E-state index is 0.0561. The zero-order valence-electron chi connectivity index (χ0n) is 10.7. The summed E-state index contributed by atoms with van der Waals surface area (Å²) >= 11 is 0. The van der Waals surface area contributed by atoms with Crippen LogP contribution in [0.15, 0.2) is 24.7 Å². The van der Waals surface area contributed by atoms with Gasteiger partial charge in [-0.3, -0.25) is 20.9 Å². The van der Waals surface area contributed by atoms with E-state index in [4.69, 9.17) is 5.84 Å². The summed E-state index contributed by atoms with van der Waals surface area (Å²) in [4.78, 5) is 8.60. The molecule has 0 radical (unpaired) electrons. The maximum Gasteiger partial charge on any atom is 0.138 e. The highest BCUT2D eigenvalue weighted by molar-refractivity contribution is 5.18. The Morgan fingerprint density at radius 1 is 1.44 bits per heavy atom. The molecule has 18 heavy (non-hydrogen) atoms. The van der Waals surface area contributed by atoms with Crippen LogP contribution in [0.3, 0.4) is 0 Å². The van der Waals surface area contributed by atoms with Crippen molar-refractivity contribution >= 4 is 0 Å². The van der Waals surface area contributed by atoms with Gasteiger partial charge in [-0.25, -0.2) is 4.98 Å². The molecule has 1 unspecified atom stereocenters. The lowest BCUT2D eigenvalue weighted by molar-refractivity contribution is 0.500. The average Bonchev–Trinajstić information content (AvgIpc) is 2.83. The molecular formula is C12H18N6. The van der Waals surface area contributed by atoms with E-state index in [1.165, 1.54) is 0 Å². The minimum atomic E-state index is -0.0561. The Balaban J connectivity index is 2.20. The van der Waals surface area contributed by atoms with Crippen LogP contribution in [0.5, 0.6) is 0 Å². The Hall–Kier alpha value is -1.79. The van der Waals surface area contributed by atoms with Crippen molar-refractivity contribution in [3.05, 3.63) is 41.7 Å². The topological polar surface area (TPSA) is 81.7 Å². The molecule has 0 fully saturated rings. The largest absolute Gasteiger partial charge is 0.271 e. The summed E-state index contributed by atoms with van der Waals surface area (Å²) in [5.74, 6) is 6.52. The third-order valence-electron chi connectivity index (χ3n) is 2.88. The number of hydrazine groups is 1. The lowest BCUT2D eigenvalue weighted by Gasteiger charge is -2.15. The van der Waals surface area contributed by atoms with Gasteiger partial charge < -0.3 is 0 Å². The Morgan fingerprint density at radius 3 is 2.94 bits per heavy atom. The molecule has 2 aromatic rings. The van der Waals surface area contributed by atoms with Gasteiger partial charge in [-0.05, 0) is 31.5 Å². The van der Waals surface area contributed by atoms with Crippen molar-refractivity contribution in [2.45, 2.75) is 32.9 Å². The highest BCUT2D eigenvalue weighted by atomic mass is 15.3. The fourth-order valence-electron chi connectivity index (χ4n) is 1.89. The van der Waals surface area contributed by atoms with E-state index in [1.807, 2.05) is 30.7 Å². The van der Waals surface area contributed by atoms with Gasteiger partial charge in [0.25, 0.3) is 0 Å². The summed E-state index contributed by atoms with van der Waals surface area (Å²) < 4.78 is 1.86. The molecule has 6 nitrogen and oxygen atoms in total. The molecule has 6 heteroatoms. The first-order valence-electron chi connectivity index (χ1n) is 6.00. The Labute approximate surface area is 106 Å². The molecule has 3 N–H and O–H groups in total. The van der Waals surface area contributed by atoms with E-state index in [0.717, 1.165) is 23.6 Å². The van der Waals surface area contributed by atoms with Crippen LogP contribution in [0.1, 0.15) is 30.0 Å². The third kappa shape index (κ3) is 2.72. The number of pyridine rings is 1. The molecule has 0 saturated heterocycles. The second kappa shape index (κ2) is 5.70. The third-order valence-corrected chi connectivity index (χ3v) is 2.88. The molecule has 2 aromatic heterocycles. The molecular weight excluding hydrogens is 228 g/mol. The monoisotopic (exact) mass is 246 g/mol. The van der Waals surface area contributed by atoms with Crippen molar-refractivity contribution < 1.29 is 0 Å². The summed E-state index contributed by atoms with van der Waals surface area (Å²) in [7, 11) is 0. The molecule has 0 aliphatic heterocycles. The molecule has 2 heterocycles. The van der Waals surface area contributed by atoms with Crippen LogP contribution in [-0.2, 0) is 13.0 Å². The molecule has 1 atom stereocenters. The number of nitrogens with one attached hydrogen (secondary N) is 1. The summed E-state index contributed by atoms with van der Waals surface area (Å²) in [6, 6.07) is 3.93. The van der Waals surface area contributed by atoms with E-state index in [9.17, 15) is 0 Å². The molecule has 0 aliphatic rings. The van der Waals surface area contributed by atoms with Crippen molar-refractivity contribution in [2.24, 2.45) is 5.84 Å². The highest BCUT2D eigenvalue weighted by Crippen LogP contribution is 2.15. The molecule has 0 aromatic carbocycles. The van der Waals surface area contributed by atoms with Crippen LogP contribution in [0.2, 0.25) is 0 Å². The lowest BCUT2D eigenvalue weighted by Crippen LogP contribution is -2.31. The van der Waals surface area contributed by atoms with Gasteiger partial charge in [-0.2, -0.15) is 5.10 Å². The fraction of sp³-hybridized carbons (Fsp3) is 0.417. The van der Waals surface area contributed by atoms with Gasteiger partial charge in [0.05, 0.1) is 11.7 Å². The minimum Gasteiger partial charge on any atom is -0.271 e. The quantitative estimate of drug-likeness (QED) is 0.601. The van der Waals surface area contributed by atoms with Gasteiger partial charge >= 0.3 is 0 Å². The van der Waals surface area contributed by atoms with Gasteiger partial charge in [0.15, 0.2) is 0 Å². The molecule has 0 aliphatic carbocycles. The second-order valence-electron chi connectivity index (χ2n) is 4.17. The second-order valence-corrected chi connectivity index (χ2v) is 4.17. The van der Waals surface area contributed by atoms with E-state index in [0.29, 0.717) is 6.42 Å². The SMILES string of the molecule is CCn1ncnc1CC(NN)c1cc(C)ccn1. The van der Waals surface area contributed by atoms with Crippen LogP contribution in [0.4, 0.5) is 0 Å². The van der Waals surface area contributed by atoms with Crippen LogP contribution in [-0.4, -0.2) is 19.7 Å². The average molecular weight is 246 g/mol. The van der Waals surface area contributed by atoms with E-state index >= 15 is 0 Å². The normalized spacial score (nSPS) is 12.6. The number of hydrogen-bond acceptors (Lipinski definition) is 5. The molecule has 0 amide bonds. The van der Waals surface area contributed by atoms with Crippen LogP contribution in [0.25, 0.3) is 0 Å². The summed E-state index contributed by atoms with van der Waals surface area (Å²) in [5, 5.41) is 4.15. The number of rotatable bonds is 5. The first-order valence-corrected chi connectivity index (χ1v) is 6.00. The van der Waals surface area contributed by atoms with E-state index in [2.05, 4.69) is 20.5 Å². The van der Waals surface area contributed by atoms with Crippen molar-refractivity contribution in [3.8, 4) is 0 Å². The first kappa shape index (κ1) is 12.7. The number of nitrogens with zero attached hydrogens (tertiary/aromatic N) is 4. The smallest absolute Gasteiger partial charge is 0.138 e. The van der Waals surface area contributed by atoms with E-state index < -0.39 is 0 Å². The molecule has 0 bridgehead atoms. The maximum absolute atomic E-state index is 5.62. The number of aryl methyl sites for hydroxylation is 2. The standard InChI is InChI=1S/C12H18N6/c1-3-18-12(15-8-16-18)7-11(17-13)10-6-9(2)4-5-14-10/h4-6,8,11,17H,3,7,13H2,1-2H3. The summed E-state index contributed by atoms with van der Waals surface area (Å²) in [5.41, 5.74) is 4.88. The zero-order chi connectivity index (χ0) is 13.0. The number of nitrogens with two attached hydrogens (primary N) is 1. The van der Waals surface area contributed by atoms with Crippen molar-refractivity contribution in [3.63, 3.8) is 0 Å². The van der Waals surface area contributed by atoms with Crippen molar-refractivity contribution in [1.82, 2.24) is 25.2 Å². The molecule has 2 rings (SSSR count). The van der Waals surface area contributed by atoms with Crippen LogP contribution >= 0.6 is 0 Å². The van der Waals surface area contributed by atoms with Crippen molar-refractivity contribution in [1.29, 1.82) is 0 Å². The predicted octanol–water partition coefficient (Wildman–Crippen LogP) is 0.749. The number of hydrogen-bond donors (Lipinski definition) is 2. The molecule has 0 saturated carbocycles. The fourth-order valence-corrected chi connectivity index (χ4v) is 1.89.